The summed E-state index contributed by atoms with van der Waals surface area (Å²) < 4.78 is 0. The second kappa shape index (κ2) is 6.08. The number of anilines is 1. The molecule has 1 heterocycles. The Hall–Kier alpha value is -1.52. The van der Waals surface area contributed by atoms with E-state index >= 15 is 0 Å². The van der Waals surface area contributed by atoms with Crippen LogP contribution in [0.15, 0.2) is 29.6 Å². The molecule has 3 N–H and O–H groups in total. The average molecular weight is 295 g/mol. The van der Waals surface area contributed by atoms with Gasteiger partial charge >= 0.3 is 0 Å². The third-order valence-electron chi connectivity index (χ3n) is 2.81. The Morgan fingerprint density at radius 2 is 2.21 bits per heavy atom. The van der Waals surface area contributed by atoms with Crippen LogP contribution in [0.5, 0.6) is 0 Å². The highest BCUT2D eigenvalue weighted by atomic mass is 35.5. The van der Waals surface area contributed by atoms with Crippen molar-refractivity contribution in [1.29, 1.82) is 0 Å². The van der Waals surface area contributed by atoms with E-state index < -0.39 is 0 Å². The molecule has 0 saturated heterocycles. The third kappa shape index (κ3) is 3.49. The van der Waals surface area contributed by atoms with Crippen LogP contribution in [-0.4, -0.2) is 5.91 Å². The van der Waals surface area contributed by atoms with Gasteiger partial charge in [-0.15, -0.1) is 11.3 Å². The minimum atomic E-state index is -0.162. The Labute approximate surface area is 121 Å². The fraction of sp³-hybridized carbons (Fsp3) is 0.214. The summed E-state index contributed by atoms with van der Waals surface area (Å²) in [6.45, 7) is 2.64. The molecule has 0 saturated carbocycles. The van der Waals surface area contributed by atoms with Crippen molar-refractivity contribution in [2.45, 2.75) is 19.9 Å². The molecule has 0 atom stereocenters. The molecule has 2 rings (SSSR count). The maximum Gasteiger partial charge on any atom is 0.251 e. The monoisotopic (exact) mass is 294 g/mol. The summed E-state index contributed by atoms with van der Waals surface area (Å²) in [5.41, 5.74) is 7.92. The lowest BCUT2D eigenvalue weighted by molar-refractivity contribution is 0.0951. The van der Waals surface area contributed by atoms with Crippen LogP contribution in [0.4, 0.5) is 5.69 Å². The Kier molecular flexibility index (Phi) is 4.45. The van der Waals surface area contributed by atoms with Gasteiger partial charge < -0.3 is 11.1 Å². The standard InChI is InChI=1S/C14H15ClN2OS/c1-2-9-3-4-19-13(9)8-17-14(18)10-5-11(15)7-12(16)6-10/h3-7H,2,8,16H2,1H3,(H,17,18). The molecule has 5 heteroatoms. The van der Waals surface area contributed by atoms with Crippen molar-refractivity contribution in [2.24, 2.45) is 0 Å². The normalized spacial score (nSPS) is 10.4. The van der Waals surface area contributed by atoms with Gasteiger partial charge in [-0.3, -0.25) is 4.79 Å². The molecule has 0 aliphatic rings. The number of hydrogen-bond acceptors (Lipinski definition) is 3. The zero-order valence-electron chi connectivity index (χ0n) is 10.6. The summed E-state index contributed by atoms with van der Waals surface area (Å²) >= 11 is 7.54. The van der Waals surface area contributed by atoms with Crippen molar-refractivity contribution in [3.05, 3.63) is 50.7 Å². The number of rotatable bonds is 4. The predicted octanol–water partition coefficient (Wildman–Crippen LogP) is 3.48. The van der Waals surface area contributed by atoms with Gasteiger partial charge in [0.1, 0.15) is 0 Å². The second-order valence-electron chi connectivity index (χ2n) is 4.18. The summed E-state index contributed by atoms with van der Waals surface area (Å²) in [7, 11) is 0. The number of hydrogen-bond donors (Lipinski definition) is 2. The molecular formula is C14H15ClN2OS. The van der Waals surface area contributed by atoms with Crippen LogP contribution in [0.25, 0.3) is 0 Å². The molecule has 19 heavy (non-hydrogen) atoms. The fourth-order valence-electron chi connectivity index (χ4n) is 1.84. The van der Waals surface area contributed by atoms with Crippen LogP contribution in [0.3, 0.4) is 0 Å². The van der Waals surface area contributed by atoms with E-state index in [0.29, 0.717) is 22.8 Å². The van der Waals surface area contributed by atoms with Gasteiger partial charge in [-0.25, -0.2) is 0 Å². The zero-order chi connectivity index (χ0) is 13.8. The van der Waals surface area contributed by atoms with E-state index in [4.69, 9.17) is 17.3 Å². The third-order valence-corrected chi connectivity index (χ3v) is 3.99. The number of benzene rings is 1. The van der Waals surface area contributed by atoms with Crippen molar-refractivity contribution in [3.8, 4) is 0 Å². The Bertz CT molecular complexity index is 575. The molecule has 0 bridgehead atoms. The van der Waals surface area contributed by atoms with Crippen LogP contribution in [0.1, 0.15) is 27.7 Å². The number of nitrogens with one attached hydrogen (secondary N) is 1. The largest absolute Gasteiger partial charge is 0.399 e. The van der Waals surface area contributed by atoms with Gasteiger partial charge in [0, 0.05) is 21.2 Å². The van der Waals surface area contributed by atoms with Gasteiger partial charge in [0.15, 0.2) is 0 Å². The smallest absolute Gasteiger partial charge is 0.251 e. The fourth-order valence-corrected chi connectivity index (χ4v) is 3.00. The molecule has 0 aliphatic carbocycles. The van der Waals surface area contributed by atoms with E-state index in [9.17, 15) is 4.79 Å². The molecule has 0 unspecified atom stereocenters. The first-order valence-corrected chi connectivity index (χ1v) is 7.25. The lowest BCUT2D eigenvalue weighted by atomic mass is 10.2. The summed E-state index contributed by atoms with van der Waals surface area (Å²) in [5.74, 6) is -0.162. The number of halogens is 1. The van der Waals surface area contributed by atoms with Gasteiger partial charge in [-0.2, -0.15) is 0 Å². The van der Waals surface area contributed by atoms with Crippen molar-refractivity contribution in [2.75, 3.05) is 5.73 Å². The van der Waals surface area contributed by atoms with Crippen LogP contribution < -0.4 is 11.1 Å². The lowest BCUT2D eigenvalue weighted by Gasteiger charge is -2.07. The van der Waals surface area contributed by atoms with Gasteiger partial charge in [0.2, 0.25) is 0 Å². The van der Waals surface area contributed by atoms with Crippen LogP contribution in [-0.2, 0) is 13.0 Å². The molecule has 2 aromatic rings. The van der Waals surface area contributed by atoms with Crippen LogP contribution >= 0.6 is 22.9 Å². The summed E-state index contributed by atoms with van der Waals surface area (Å²) in [5, 5.41) is 5.40. The number of thiophene rings is 1. The second-order valence-corrected chi connectivity index (χ2v) is 5.62. The highest BCUT2D eigenvalue weighted by Gasteiger charge is 2.09. The topological polar surface area (TPSA) is 55.1 Å². The van der Waals surface area contributed by atoms with E-state index in [-0.39, 0.29) is 5.91 Å². The van der Waals surface area contributed by atoms with Crippen molar-refractivity contribution >= 4 is 34.5 Å². The van der Waals surface area contributed by atoms with E-state index in [1.807, 2.05) is 5.38 Å². The first kappa shape index (κ1) is 13.9. The molecule has 1 amide bonds. The van der Waals surface area contributed by atoms with E-state index in [2.05, 4.69) is 18.3 Å². The van der Waals surface area contributed by atoms with Gasteiger partial charge in [-0.1, -0.05) is 18.5 Å². The Balaban J connectivity index is 2.05. The highest BCUT2D eigenvalue weighted by molar-refractivity contribution is 7.10. The van der Waals surface area contributed by atoms with Gasteiger partial charge in [-0.05, 0) is 41.6 Å². The van der Waals surface area contributed by atoms with Crippen LogP contribution in [0, 0.1) is 0 Å². The molecule has 0 aliphatic heterocycles. The number of amides is 1. The minimum Gasteiger partial charge on any atom is -0.399 e. The average Bonchev–Trinajstić information content (AvgIpc) is 2.82. The van der Waals surface area contributed by atoms with Crippen LogP contribution in [0.2, 0.25) is 5.02 Å². The number of nitrogens with two attached hydrogens (primary N) is 1. The summed E-state index contributed by atoms with van der Waals surface area (Å²) in [6, 6.07) is 6.94. The first-order chi connectivity index (χ1) is 9.10. The highest BCUT2D eigenvalue weighted by Crippen LogP contribution is 2.19. The Morgan fingerprint density at radius 1 is 1.42 bits per heavy atom. The number of nitrogen functional groups attached to an aromatic ring is 1. The van der Waals surface area contributed by atoms with Gasteiger partial charge in [0.05, 0.1) is 6.54 Å². The molecule has 0 radical (unpaired) electrons. The number of carbonyl (C=O) groups is 1. The lowest BCUT2D eigenvalue weighted by Crippen LogP contribution is -2.22. The van der Waals surface area contributed by atoms with Gasteiger partial charge in [0.25, 0.3) is 5.91 Å². The van der Waals surface area contributed by atoms with E-state index in [0.717, 1.165) is 6.42 Å². The molecular weight excluding hydrogens is 280 g/mol. The molecule has 1 aromatic carbocycles. The number of aryl methyl sites for hydroxylation is 1. The van der Waals surface area contributed by atoms with E-state index in [1.165, 1.54) is 10.4 Å². The quantitative estimate of drug-likeness (QED) is 0.848. The predicted molar refractivity (Wildman–Crippen MR) is 80.7 cm³/mol. The van der Waals surface area contributed by atoms with E-state index in [1.54, 1.807) is 29.5 Å². The number of carbonyl (C=O) groups excluding carboxylic acids is 1. The molecule has 1 aromatic heterocycles. The summed E-state index contributed by atoms with van der Waals surface area (Å²) in [6.07, 6.45) is 0.971. The maximum absolute atomic E-state index is 12.0. The molecule has 0 fully saturated rings. The first-order valence-electron chi connectivity index (χ1n) is 5.99. The zero-order valence-corrected chi connectivity index (χ0v) is 12.1. The van der Waals surface area contributed by atoms with Crippen molar-refractivity contribution < 1.29 is 4.79 Å². The molecule has 0 spiro atoms. The maximum atomic E-state index is 12.0. The summed E-state index contributed by atoms with van der Waals surface area (Å²) in [4.78, 5) is 13.2. The molecule has 3 nitrogen and oxygen atoms in total. The molecule has 100 valence electrons. The SMILES string of the molecule is CCc1ccsc1CNC(=O)c1cc(N)cc(Cl)c1. The minimum absolute atomic E-state index is 0.162. The Morgan fingerprint density at radius 3 is 2.89 bits per heavy atom. The van der Waals surface area contributed by atoms with Crippen molar-refractivity contribution in [1.82, 2.24) is 5.32 Å². The van der Waals surface area contributed by atoms with Crippen molar-refractivity contribution in [3.63, 3.8) is 0 Å².